The van der Waals surface area contributed by atoms with Gasteiger partial charge in [0.2, 0.25) is 0 Å². The molecule has 22 heavy (non-hydrogen) atoms. The summed E-state index contributed by atoms with van der Waals surface area (Å²) in [7, 11) is -3.47. The second-order valence-corrected chi connectivity index (χ2v) is 6.52. The molecule has 0 atom stereocenters. The Balaban J connectivity index is 2.06. The lowest BCUT2D eigenvalue weighted by Gasteiger charge is -2.10. The molecule has 0 spiro atoms. The summed E-state index contributed by atoms with van der Waals surface area (Å²) in [6.45, 7) is -0.432. The highest BCUT2D eigenvalue weighted by Crippen LogP contribution is 2.20. The van der Waals surface area contributed by atoms with Gasteiger partial charge in [0.1, 0.15) is 0 Å². The summed E-state index contributed by atoms with van der Waals surface area (Å²) in [5.74, 6) is -1.21. The Hall–Kier alpha value is -2.41. The number of para-hydroxylation sites is 2. The molecule has 2 aromatic rings. The molecule has 1 N–H and O–H groups in total. The van der Waals surface area contributed by atoms with E-state index in [1.807, 2.05) is 0 Å². The van der Waals surface area contributed by atoms with Crippen LogP contribution >= 0.6 is 0 Å². The summed E-state index contributed by atoms with van der Waals surface area (Å²) in [5, 5.41) is 2.44. The van der Waals surface area contributed by atoms with Crippen LogP contribution in [-0.2, 0) is 14.6 Å². The van der Waals surface area contributed by atoms with E-state index in [1.165, 1.54) is 30.3 Å². The van der Waals surface area contributed by atoms with Gasteiger partial charge in [0, 0.05) is 6.26 Å². The maximum atomic E-state index is 13.4. The van der Waals surface area contributed by atoms with E-state index in [2.05, 4.69) is 5.32 Å². The van der Waals surface area contributed by atoms with Crippen LogP contribution in [0.1, 0.15) is 0 Å². The number of sulfone groups is 1. The highest BCUT2D eigenvalue weighted by atomic mass is 32.2. The fourth-order valence-electron chi connectivity index (χ4n) is 1.78. The van der Waals surface area contributed by atoms with Crippen molar-refractivity contribution in [2.24, 2.45) is 0 Å². The van der Waals surface area contributed by atoms with Crippen molar-refractivity contribution < 1.29 is 22.3 Å². The molecule has 0 aromatic heterocycles. The van der Waals surface area contributed by atoms with E-state index in [-0.39, 0.29) is 16.3 Å². The van der Waals surface area contributed by atoms with Gasteiger partial charge in [0.25, 0.3) is 5.91 Å². The van der Waals surface area contributed by atoms with Gasteiger partial charge in [-0.3, -0.25) is 4.79 Å². The highest BCUT2D eigenvalue weighted by Gasteiger charge is 2.15. The number of carbonyl (C=O) groups is 1. The van der Waals surface area contributed by atoms with Crippen molar-refractivity contribution in [2.75, 3.05) is 18.2 Å². The normalized spacial score (nSPS) is 11.0. The number of nitrogens with one attached hydrogen (secondary N) is 1. The van der Waals surface area contributed by atoms with Crippen molar-refractivity contribution >= 4 is 21.4 Å². The first-order chi connectivity index (χ1) is 10.4. The Bertz CT molecular complexity index is 790. The van der Waals surface area contributed by atoms with Crippen molar-refractivity contribution in [3.63, 3.8) is 0 Å². The molecule has 0 radical (unpaired) electrons. The van der Waals surface area contributed by atoms with Gasteiger partial charge in [0.15, 0.2) is 28.0 Å². The van der Waals surface area contributed by atoms with Gasteiger partial charge in [-0.15, -0.1) is 0 Å². The van der Waals surface area contributed by atoms with E-state index in [4.69, 9.17) is 4.74 Å². The van der Waals surface area contributed by atoms with Crippen molar-refractivity contribution in [3.8, 4) is 5.75 Å². The van der Waals surface area contributed by atoms with Crippen LogP contribution in [-0.4, -0.2) is 27.2 Å². The third-order valence-electron chi connectivity index (χ3n) is 2.76. The predicted molar refractivity (Wildman–Crippen MR) is 80.1 cm³/mol. The molecule has 0 saturated carbocycles. The highest BCUT2D eigenvalue weighted by molar-refractivity contribution is 7.90. The van der Waals surface area contributed by atoms with E-state index in [9.17, 15) is 17.6 Å². The van der Waals surface area contributed by atoms with E-state index in [1.54, 1.807) is 18.2 Å². The molecule has 1 amide bonds. The molecule has 0 aliphatic carbocycles. The lowest BCUT2D eigenvalue weighted by atomic mass is 10.3. The summed E-state index contributed by atoms with van der Waals surface area (Å²) in [5.41, 5.74) is 0.159. The lowest BCUT2D eigenvalue weighted by molar-refractivity contribution is -0.118. The number of carbonyl (C=O) groups excluding carboxylic acids is 1. The van der Waals surface area contributed by atoms with Gasteiger partial charge >= 0.3 is 0 Å². The summed E-state index contributed by atoms with van der Waals surface area (Å²) in [4.78, 5) is 11.8. The van der Waals surface area contributed by atoms with Crippen LogP contribution in [0.2, 0.25) is 0 Å². The minimum Gasteiger partial charge on any atom is -0.481 e. The van der Waals surface area contributed by atoms with E-state index >= 15 is 0 Å². The second-order valence-electron chi connectivity index (χ2n) is 4.54. The van der Waals surface area contributed by atoms with Crippen molar-refractivity contribution in [3.05, 3.63) is 54.3 Å². The summed E-state index contributed by atoms with van der Waals surface area (Å²) in [6, 6.07) is 11.7. The molecule has 0 unspecified atom stereocenters. The fraction of sp³-hybridized carbons (Fsp3) is 0.133. The van der Waals surface area contributed by atoms with Gasteiger partial charge in [-0.1, -0.05) is 24.3 Å². The van der Waals surface area contributed by atoms with Crippen molar-refractivity contribution in [1.29, 1.82) is 0 Å². The number of hydrogen-bond acceptors (Lipinski definition) is 4. The van der Waals surface area contributed by atoms with Crippen LogP contribution in [0.5, 0.6) is 5.75 Å². The molecule has 0 heterocycles. The standard InChI is InChI=1S/C15H14FNO4S/c1-22(19,20)14-9-5-3-7-12(14)17-15(18)10-21-13-8-4-2-6-11(13)16/h2-9H,10H2,1H3,(H,17,18). The first-order valence-corrected chi connectivity index (χ1v) is 8.23. The first kappa shape index (κ1) is 16.0. The maximum absolute atomic E-state index is 13.4. The molecule has 0 aliphatic rings. The zero-order chi connectivity index (χ0) is 16.2. The van der Waals surface area contributed by atoms with E-state index in [0.29, 0.717) is 0 Å². The number of halogens is 1. The molecular formula is C15H14FNO4S. The Morgan fingerprint density at radius 1 is 1.14 bits per heavy atom. The number of benzene rings is 2. The van der Waals surface area contributed by atoms with Crippen LogP contribution in [0.15, 0.2) is 53.4 Å². The zero-order valence-corrected chi connectivity index (χ0v) is 12.6. The van der Waals surface area contributed by atoms with Gasteiger partial charge in [-0.05, 0) is 24.3 Å². The third kappa shape index (κ3) is 4.05. The lowest BCUT2D eigenvalue weighted by Crippen LogP contribution is -2.21. The van der Waals surface area contributed by atoms with E-state index in [0.717, 1.165) is 6.26 Å². The summed E-state index contributed by atoms with van der Waals surface area (Å²) >= 11 is 0. The summed E-state index contributed by atoms with van der Waals surface area (Å²) < 4.78 is 41.7. The van der Waals surface area contributed by atoms with Crippen LogP contribution in [0.4, 0.5) is 10.1 Å². The van der Waals surface area contributed by atoms with Crippen molar-refractivity contribution in [2.45, 2.75) is 4.90 Å². The predicted octanol–water partition coefficient (Wildman–Crippen LogP) is 2.25. The Kier molecular flexibility index (Phi) is 4.77. The quantitative estimate of drug-likeness (QED) is 0.916. The molecule has 7 heteroatoms. The third-order valence-corrected chi connectivity index (χ3v) is 3.91. The minimum atomic E-state index is -3.47. The minimum absolute atomic E-state index is 0.00856. The fourth-order valence-corrected chi connectivity index (χ4v) is 2.63. The number of hydrogen-bond donors (Lipinski definition) is 1. The largest absolute Gasteiger partial charge is 0.481 e. The Morgan fingerprint density at radius 2 is 1.77 bits per heavy atom. The molecule has 2 rings (SSSR count). The molecule has 0 bridgehead atoms. The Labute approximate surface area is 127 Å². The topological polar surface area (TPSA) is 72.5 Å². The number of amides is 1. The first-order valence-electron chi connectivity index (χ1n) is 6.34. The average molecular weight is 323 g/mol. The van der Waals surface area contributed by atoms with Gasteiger partial charge in [-0.25, -0.2) is 12.8 Å². The number of anilines is 1. The van der Waals surface area contributed by atoms with Crippen LogP contribution < -0.4 is 10.1 Å². The Morgan fingerprint density at radius 3 is 2.45 bits per heavy atom. The van der Waals surface area contributed by atoms with Crippen LogP contribution in [0, 0.1) is 5.82 Å². The zero-order valence-electron chi connectivity index (χ0n) is 11.7. The molecule has 0 saturated heterocycles. The molecule has 0 fully saturated rings. The number of rotatable bonds is 5. The van der Waals surface area contributed by atoms with E-state index < -0.39 is 28.2 Å². The second kappa shape index (κ2) is 6.57. The van der Waals surface area contributed by atoms with Gasteiger partial charge in [0.05, 0.1) is 10.6 Å². The number of ether oxygens (including phenoxy) is 1. The SMILES string of the molecule is CS(=O)(=O)c1ccccc1NC(=O)COc1ccccc1F. The molecule has 2 aromatic carbocycles. The molecular weight excluding hydrogens is 309 g/mol. The average Bonchev–Trinajstić information content (AvgIpc) is 2.46. The van der Waals surface area contributed by atoms with Gasteiger partial charge < -0.3 is 10.1 Å². The van der Waals surface area contributed by atoms with Gasteiger partial charge in [-0.2, -0.15) is 0 Å². The molecule has 5 nitrogen and oxygen atoms in total. The molecule has 116 valence electrons. The monoisotopic (exact) mass is 323 g/mol. The van der Waals surface area contributed by atoms with Crippen LogP contribution in [0.25, 0.3) is 0 Å². The van der Waals surface area contributed by atoms with Crippen molar-refractivity contribution in [1.82, 2.24) is 0 Å². The van der Waals surface area contributed by atoms with Crippen LogP contribution in [0.3, 0.4) is 0 Å². The summed E-state index contributed by atoms with van der Waals surface area (Å²) in [6.07, 6.45) is 1.05. The smallest absolute Gasteiger partial charge is 0.262 e. The molecule has 0 aliphatic heterocycles. The maximum Gasteiger partial charge on any atom is 0.262 e.